The van der Waals surface area contributed by atoms with Crippen molar-refractivity contribution in [2.75, 3.05) is 0 Å². The van der Waals surface area contributed by atoms with E-state index in [2.05, 4.69) is 5.10 Å². The Kier molecular flexibility index (Phi) is 3.17. The first-order chi connectivity index (χ1) is 8.07. The summed E-state index contributed by atoms with van der Waals surface area (Å²) in [4.78, 5) is 0. The molecular formula is C12H11F3N2. The molecule has 0 aliphatic carbocycles. The Bertz CT molecular complexity index is 474. The fraction of sp³-hybridized carbons (Fsp3) is 0.250. The van der Waals surface area contributed by atoms with Gasteiger partial charge in [-0.1, -0.05) is 30.3 Å². The molecule has 0 fully saturated rings. The quantitative estimate of drug-likeness (QED) is 0.876. The van der Waals surface area contributed by atoms with Gasteiger partial charge < -0.3 is 0 Å². The summed E-state index contributed by atoms with van der Waals surface area (Å²) < 4.78 is 37.6. The maximum absolute atomic E-state index is 12.5. The molecule has 0 saturated heterocycles. The number of H-pyrrole nitrogens is 1. The summed E-state index contributed by atoms with van der Waals surface area (Å²) in [5, 5.41) is 5.46. The highest BCUT2D eigenvalue weighted by Crippen LogP contribution is 2.30. The van der Waals surface area contributed by atoms with Crippen LogP contribution in [-0.2, 0) is 19.0 Å². The lowest BCUT2D eigenvalue weighted by Gasteiger charge is -2.06. The van der Waals surface area contributed by atoms with Crippen LogP contribution in [0.5, 0.6) is 0 Å². The molecular weight excluding hydrogens is 229 g/mol. The minimum Gasteiger partial charge on any atom is -0.273 e. The largest absolute Gasteiger partial charge is 0.433 e. The van der Waals surface area contributed by atoms with Gasteiger partial charge in [0.25, 0.3) is 0 Å². The Balaban J connectivity index is 2.08. The second-order valence-electron chi connectivity index (χ2n) is 3.75. The fourth-order valence-electron chi connectivity index (χ4n) is 1.67. The van der Waals surface area contributed by atoms with Crippen molar-refractivity contribution in [1.82, 2.24) is 10.2 Å². The zero-order chi connectivity index (χ0) is 12.3. The van der Waals surface area contributed by atoms with Crippen molar-refractivity contribution in [3.63, 3.8) is 0 Å². The maximum Gasteiger partial charge on any atom is 0.433 e. The van der Waals surface area contributed by atoms with Crippen LogP contribution in [0.25, 0.3) is 0 Å². The molecule has 0 radical (unpaired) electrons. The van der Waals surface area contributed by atoms with Gasteiger partial charge in [0.05, 0.1) is 6.20 Å². The number of hydrogen-bond donors (Lipinski definition) is 1. The third kappa shape index (κ3) is 2.87. The second-order valence-corrected chi connectivity index (χ2v) is 3.75. The predicted octanol–water partition coefficient (Wildman–Crippen LogP) is 3.21. The number of nitrogens with one attached hydrogen (secondary N) is 1. The van der Waals surface area contributed by atoms with Gasteiger partial charge in [-0.05, 0) is 18.4 Å². The van der Waals surface area contributed by atoms with Crippen LogP contribution in [0.3, 0.4) is 0 Å². The number of benzene rings is 1. The lowest BCUT2D eigenvalue weighted by Crippen LogP contribution is -2.09. The van der Waals surface area contributed by atoms with Gasteiger partial charge in [0.15, 0.2) is 0 Å². The van der Waals surface area contributed by atoms with E-state index in [1.54, 1.807) is 0 Å². The lowest BCUT2D eigenvalue weighted by atomic mass is 10.1. The average molecular weight is 240 g/mol. The minimum absolute atomic E-state index is 0.210. The molecule has 0 saturated carbocycles. The Morgan fingerprint density at radius 3 is 2.41 bits per heavy atom. The van der Waals surface area contributed by atoms with Crippen molar-refractivity contribution in [2.24, 2.45) is 0 Å². The summed E-state index contributed by atoms with van der Waals surface area (Å²) in [5.41, 5.74) is 0.483. The van der Waals surface area contributed by atoms with E-state index >= 15 is 0 Å². The number of halogens is 3. The van der Waals surface area contributed by atoms with Crippen molar-refractivity contribution in [1.29, 1.82) is 0 Å². The number of hydrogen-bond acceptors (Lipinski definition) is 1. The van der Waals surface area contributed by atoms with E-state index in [4.69, 9.17) is 0 Å². The highest BCUT2D eigenvalue weighted by molar-refractivity contribution is 5.22. The molecule has 1 N–H and O–H groups in total. The van der Waals surface area contributed by atoms with Crippen LogP contribution in [0.4, 0.5) is 13.2 Å². The standard InChI is InChI=1S/C12H11F3N2/c13-12(14,15)11-10(8-16-17-11)7-6-9-4-2-1-3-5-9/h1-5,8H,6-7H2,(H,16,17). The van der Waals surface area contributed by atoms with Gasteiger partial charge in [0.1, 0.15) is 5.69 Å². The molecule has 2 aromatic rings. The number of aromatic amines is 1. The molecule has 0 atom stereocenters. The van der Waals surface area contributed by atoms with E-state index in [1.165, 1.54) is 6.20 Å². The van der Waals surface area contributed by atoms with Gasteiger partial charge in [-0.3, -0.25) is 5.10 Å². The molecule has 0 unspecified atom stereocenters. The van der Waals surface area contributed by atoms with Gasteiger partial charge in [-0.2, -0.15) is 18.3 Å². The Morgan fingerprint density at radius 1 is 1.06 bits per heavy atom. The molecule has 0 amide bonds. The van der Waals surface area contributed by atoms with Crippen LogP contribution in [0.1, 0.15) is 16.8 Å². The zero-order valence-electron chi connectivity index (χ0n) is 8.96. The van der Waals surface area contributed by atoms with Gasteiger partial charge in [0.2, 0.25) is 0 Å². The first-order valence-corrected chi connectivity index (χ1v) is 5.21. The minimum atomic E-state index is -4.36. The smallest absolute Gasteiger partial charge is 0.273 e. The third-order valence-corrected chi connectivity index (χ3v) is 2.53. The van der Waals surface area contributed by atoms with E-state index in [0.717, 1.165) is 5.56 Å². The predicted molar refractivity (Wildman–Crippen MR) is 57.4 cm³/mol. The fourth-order valence-corrected chi connectivity index (χ4v) is 1.67. The molecule has 1 aromatic carbocycles. The number of nitrogens with zero attached hydrogens (tertiary/aromatic N) is 1. The van der Waals surface area contributed by atoms with E-state index in [1.807, 2.05) is 35.4 Å². The number of alkyl halides is 3. The molecule has 0 aliphatic rings. The SMILES string of the molecule is FC(F)(F)c1[nH]ncc1CCc1ccccc1. The van der Waals surface area contributed by atoms with Crippen LogP contribution in [0.2, 0.25) is 0 Å². The van der Waals surface area contributed by atoms with Crippen molar-refractivity contribution >= 4 is 0 Å². The molecule has 17 heavy (non-hydrogen) atoms. The molecule has 1 heterocycles. The third-order valence-electron chi connectivity index (χ3n) is 2.53. The molecule has 1 aromatic heterocycles. The summed E-state index contributed by atoms with van der Waals surface area (Å²) in [7, 11) is 0. The van der Waals surface area contributed by atoms with Crippen molar-refractivity contribution in [3.05, 3.63) is 53.3 Å². The van der Waals surface area contributed by atoms with E-state index in [-0.39, 0.29) is 5.56 Å². The van der Waals surface area contributed by atoms with Gasteiger partial charge >= 0.3 is 6.18 Å². The van der Waals surface area contributed by atoms with Crippen LogP contribution in [0.15, 0.2) is 36.5 Å². The van der Waals surface area contributed by atoms with Crippen molar-refractivity contribution in [2.45, 2.75) is 19.0 Å². The Labute approximate surface area is 96.5 Å². The highest BCUT2D eigenvalue weighted by Gasteiger charge is 2.35. The van der Waals surface area contributed by atoms with Gasteiger partial charge in [-0.15, -0.1) is 0 Å². The molecule has 5 heteroatoms. The monoisotopic (exact) mass is 240 g/mol. The van der Waals surface area contributed by atoms with Crippen LogP contribution >= 0.6 is 0 Å². The molecule has 0 bridgehead atoms. The summed E-state index contributed by atoms with van der Waals surface area (Å²) >= 11 is 0. The van der Waals surface area contributed by atoms with Crippen LogP contribution < -0.4 is 0 Å². The summed E-state index contributed by atoms with van der Waals surface area (Å²) in [6.07, 6.45) is -2.22. The average Bonchev–Trinajstić information content (AvgIpc) is 2.75. The second kappa shape index (κ2) is 4.61. The van der Waals surface area contributed by atoms with E-state index in [0.29, 0.717) is 12.8 Å². The normalized spacial score (nSPS) is 11.7. The van der Waals surface area contributed by atoms with Crippen molar-refractivity contribution < 1.29 is 13.2 Å². The summed E-state index contributed by atoms with van der Waals surface area (Å²) in [6, 6.07) is 9.41. The molecule has 90 valence electrons. The first kappa shape index (κ1) is 11.7. The van der Waals surface area contributed by atoms with Gasteiger partial charge in [0, 0.05) is 5.56 Å². The maximum atomic E-state index is 12.5. The highest BCUT2D eigenvalue weighted by atomic mass is 19.4. The molecule has 2 nitrogen and oxygen atoms in total. The first-order valence-electron chi connectivity index (χ1n) is 5.21. The molecule has 0 aliphatic heterocycles. The summed E-state index contributed by atoms with van der Waals surface area (Å²) in [6.45, 7) is 0. The number of aromatic nitrogens is 2. The Hall–Kier alpha value is -1.78. The molecule has 2 rings (SSSR count). The number of rotatable bonds is 3. The van der Waals surface area contributed by atoms with Crippen LogP contribution in [0, 0.1) is 0 Å². The zero-order valence-corrected chi connectivity index (χ0v) is 8.96. The van der Waals surface area contributed by atoms with Crippen LogP contribution in [-0.4, -0.2) is 10.2 Å². The lowest BCUT2D eigenvalue weighted by molar-refractivity contribution is -0.141. The number of aryl methyl sites for hydroxylation is 2. The van der Waals surface area contributed by atoms with Crippen molar-refractivity contribution in [3.8, 4) is 0 Å². The Morgan fingerprint density at radius 2 is 1.76 bits per heavy atom. The molecule has 0 spiro atoms. The van der Waals surface area contributed by atoms with Gasteiger partial charge in [-0.25, -0.2) is 0 Å². The topological polar surface area (TPSA) is 28.7 Å². The van der Waals surface area contributed by atoms with E-state index in [9.17, 15) is 13.2 Å². The van der Waals surface area contributed by atoms with E-state index < -0.39 is 11.9 Å². The summed E-state index contributed by atoms with van der Waals surface area (Å²) in [5.74, 6) is 0.